The third-order valence-electron chi connectivity index (χ3n) is 4.12. The number of rotatable bonds is 4. The van der Waals surface area contributed by atoms with E-state index in [9.17, 15) is 14.7 Å². The molecule has 1 aromatic carbocycles. The van der Waals surface area contributed by atoms with Gasteiger partial charge in [-0.25, -0.2) is 4.79 Å². The van der Waals surface area contributed by atoms with Crippen LogP contribution >= 0.6 is 0 Å². The van der Waals surface area contributed by atoms with Crippen LogP contribution in [0.4, 0.5) is 0 Å². The fraction of sp³-hybridized carbons (Fsp3) is 0.500. The molecule has 0 radical (unpaired) electrons. The minimum Gasteiger partial charge on any atom is -0.480 e. The molecule has 5 heteroatoms. The molecule has 3 N–H and O–H groups in total. The number of carboxylic acid groups (broad SMARTS) is 1. The number of hydrogen-bond donors (Lipinski definition) is 3. The van der Waals surface area contributed by atoms with Crippen LogP contribution in [0.1, 0.15) is 54.4 Å². The zero-order chi connectivity index (χ0) is 15.3. The molecule has 2 rings (SSSR count). The molecular formula is C16H21NO4. The third-order valence-corrected chi connectivity index (χ3v) is 4.12. The summed E-state index contributed by atoms with van der Waals surface area (Å²) in [4.78, 5) is 23.9. The quantitative estimate of drug-likeness (QED) is 0.741. The average molecular weight is 291 g/mol. The highest BCUT2D eigenvalue weighted by Crippen LogP contribution is 2.28. The van der Waals surface area contributed by atoms with Gasteiger partial charge in [0.25, 0.3) is 5.91 Å². The fourth-order valence-electron chi connectivity index (χ4n) is 2.78. The number of aliphatic hydroxyl groups excluding tert-OH is 1. The third kappa shape index (κ3) is 3.61. The summed E-state index contributed by atoms with van der Waals surface area (Å²) >= 11 is 0. The van der Waals surface area contributed by atoms with E-state index in [1.165, 1.54) is 0 Å². The van der Waals surface area contributed by atoms with E-state index < -0.39 is 11.5 Å². The summed E-state index contributed by atoms with van der Waals surface area (Å²) in [6, 6.07) is 6.53. The SMILES string of the molecule is O=C(NC1(C(=O)O)CCCCCC1)c1ccc(CO)cc1. The molecule has 0 spiro atoms. The maximum Gasteiger partial charge on any atom is 0.329 e. The topological polar surface area (TPSA) is 86.6 Å². The van der Waals surface area contributed by atoms with Gasteiger partial charge in [0.15, 0.2) is 0 Å². The van der Waals surface area contributed by atoms with Crippen molar-refractivity contribution in [2.45, 2.75) is 50.7 Å². The van der Waals surface area contributed by atoms with Crippen LogP contribution < -0.4 is 5.32 Å². The van der Waals surface area contributed by atoms with Crippen molar-refractivity contribution in [3.05, 3.63) is 35.4 Å². The van der Waals surface area contributed by atoms with Gasteiger partial charge < -0.3 is 15.5 Å². The smallest absolute Gasteiger partial charge is 0.329 e. The number of benzene rings is 1. The van der Waals surface area contributed by atoms with Crippen LogP contribution in [-0.4, -0.2) is 27.6 Å². The van der Waals surface area contributed by atoms with E-state index in [0.717, 1.165) is 25.7 Å². The minimum absolute atomic E-state index is 0.0824. The van der Waals surface area contributed by atoms with E-state index in [4.69, 9.17) is 5.11 Å². The summed E-state index contributed by atoms with van der Waals surface area (Å²) < 4.78 is 0. The highest BCUT2D eigenvalue weighted by Gasteiger charge is 2.40. The van der Waals surface area contributed by atoms with Crippen LogP contribution in [0.3, 0.4) is 0 Å². The molecule has 1 fully saturated rings. The number of hydrogen-bond acceptors (Lipinski definition) is 3. The predicted octanol–water partition coefficient (Wildman–Crippen LogP) is 2.09. The monoisotopic (exact) mass is 291 g/mol. The molecule has 1 aliphatic carbocycles. The number of carbonyl (C=O) groups is 2. The fourth-order valence-corrected chi connectivity index (χ4v) is 2.78. The first-order valence-electron chi connectivity index (χ1n) is 7.33. The van der Waals surface area contributed by atoms with E-state index in [0.29, 0.717) is 24.0 Å². The summed E-state index contributed by atoms with van der Waals surface area (Å²) in [5.74, 6) is -1.33. The molecule has 5 nitrogen and oxygen atoms in total. The van der Waals surface area contributed by atoms with Gasteiger partial charge in [-0.05, 0) is 30.5 Å². The highest BCUT2D eigenvalue weighted by atomic mass is 16.4. The lowest BCUT2D eigenvalue weighted by molar-refractivity contribution is -0.145. The Balaban J connectivity index is 2.15. The molecule has 0 bridgehead atoms. The Bertz CT molecular complexity index is 502. The molecule has 114 valence electrons. The molecule has 0 unspecified atom stereocenters. The van der Waals surface area contributed by atoms with E-state index >= 15 is 0 Å². The largest absolute Gasteiger partial charge is 0.480 e. The summed E-state index contributed by atoms with van der Waals surface area (Å²) in [7, 11) is 0. The summed E-state index contributed by atoms with van der Waals surface area (Å²) in [6.07, 6.45) is 4.60. The molecule has 21 heavy (non-hydrogen) atoms. The molecule has 1 saturated carbocycles. The minimum atomic E-state index is -1.15. The van der Waals surface area contributed by atoms with Crippen molar-refractivity contribution in [2.75, 3.05) is 0 Å². The predicted molar refractivity (Wildman–Crippen MR) is 77.9 cm³/mol. The number of nitrogens with one attached hydrogen (secondary N) is 1. The molecule has 0 atom stereocenters. The molecule has 1 aromatic rings. The van der Waals surface area contributed by atoms with Crippen LogP contribution in [0.25, 0.3) is 0 Å². The van der Waals surface area contributed by atoms with Crippen LogP contribution in [0, 0.1) is 0 Å². The van der Waals surface area contributed by atoms with Crippen molar-refractivity contribution in [2.24, 2.45) is 0 Å². The number of carboxylic acids is 1. The zero-order valence-corrected chi connectivity index (χ0v) is 12.0. The molecule has 0 saturated heterocycles. The molecule has 0 aromatic heterocycles. The first-order valence-corrected chi connectivity index (χ1v) is 7.33. The molecule has 1 aliphatic rings. The Kier molecular flexibility index (Phi) is 4.96. The molecule has 0 heterocycles. The second kappa shape index (κ2) is 6.72. The van der Waals surface area contributed by atoms with E-state index in [2.05, 4.69) is 5.32 Å². The van der Waals surface area contributed by atoms with Crippen molar-refractivity contribution >= 4 is 11.9 Å². The molecule has 1 amide bonds. The Morgan fingerprint density at radius 3 is 2.10 bits per heavy atom. The van der Waals surface area contributed by atoms with Crippen molar-refractivity contribution in [3.8, 4) is 0 Å². The first kappa shape index (κ1) is 15.5. The van der Waals surface area contributed by atoms with Gasteiger partial charge in [-0.2, -0.15) is 0 Å². The number of aliphatic hydroxyl groups is 1. The van der Waals surface area contributed by atoms with Crippen molar-refractivity contribution in [1.29, 1.82) is 0 Å². The maximum absolute atomic E-state index is 12.3. The number of carbonyl (C=O) groups excluding carboxylic acids is 1. The Hall–Kier alpha value is -1.88. The van der Waals surface area contributed by atoms with Gasteiger partial charge in [0.1, 0.15) is 5.54 Å². The van der Waals surface area contributed by atoms with Crippen molar-refractivity contribution in [3.63, 3.8) is 0 Å². The molecular weight excluding hydrogens is 270 g/mol. The standard InChI is InChI=1S/C16H21NO4/c18-11-12-5-7-13(8-6-12)14(19)17-16(15(20)21)9-3-1-2-4-10-16/h5-8,18H,1-4,9-11H2,(H,17,19)(H,20,21). The van der Waals surface area contributed by atoms with Crippen molar-refractivity contribution < 1.29 is 19.8 Å². The summed E-state index contributed by atoms with van der Waals surface area (Å²) in [6.45, 7) is -0.0824. The van der Waals surface area contributed by atoms with E-state index in [1.807, 2.05) is 0 Å². The van der Waals surface area contributed by atoms with E-state index in [-0.39, 0.29) is 12.5 Å². The van der Waals surface area contributed by atoms with Crippen LogP contribution in [0.2, 0.25) is 0 Å². The van der Waals surface area contributed by atoms with Crippen LogP contribution in [0.15, 0.2) is 24.3 Å². The summed E-state index contributed by atoms with van der Waals surface area (Å²) in [5, 5.41) is 21.3. The van der Waals surface area contributed by atoms with Gasteiger partial charge in [-0.3, -0.25) is 4.79 Å². The van der Waals surface area contributed by atoms with Gasteiger partial charge in [0.2, 0.25) is 0 Å². The average Bonchev–Trinajstić information content (AvgIpc) is 2.74. The van der Waals surface area contributed by atoms with Gasteiger partial charge in [0.05, 0.1) is 6.61 Å². The molecule has 0 aliphatic heterocycles. The first-order chi connectivity index (χ1) is 10.1. The van der Waals surface area contributed by atoms with Gasteiger partial charge in [-0.15, -0.1) is 0 Å². The Morgan fingerprint density at radius 2 is 1.62 bits per heavy atom. The lowest BCUT2D eigenvalue weighted by Gasteiger charge is -2.29. The lowest BCUT2D eigenvalue weighted by Crippen LogP contribution is -2.54. The van der Waals surface area contributed by atoms with Crippen LogP contribution in [0.5, 0.6) is 0 Å². The second-order valence-electron chi connectivity index (χ2n) is 5.61. The van der Waals surface area contributed by atoms with Gasteiger partial charge >= 0.3 is 5.97 Å². The van der Waals surface area contributed by atoms with Crippen LogP contribution in [-0.2, 0) is 11.4 Å². The highest BCUT2D eigenvalue weighted by molar-refractivity contribution is 5.97. The second-order valence-corrected chi connectivity index (χ2v) is 5.61. The lowest BCUT2D eigenvalue weighted by atomic mass is 9.89. The number of amides is 1. The zero-order valence-electron chi connectivity index (χ0n) is 12.0. The Labute approximate surface area is 124 Å². The van der Waals surface area contributed by atoms with Gasteiger partial charge in [-0.1, -0.05) is 37.8 Å². The summed E-state index contributed by atoms with van der Waals surface area (Å²) in [5.41, 5.74) is -0.0190. The van der Waals surface area contributed by atoms with E-state index in [1.54, 1.807) is 24.3 Å². The number of aliphatic carboxylic acids is 1. The Morgan fingerprint density at radius 1 is 1.05 bits per heavy atom. The maximum atomic E-state index is 12.3. The van der Waals surface area contributed by atoms with Gasteiger partial charge in [0, 0.05) is 5.56 Å². The van der Waals surface area contributed by atoms with Crippen molar-refractivity contribution in [1.82, 2.24) is 5.32 Å². The normalized spacial score (nSPS) is 17.8.